The second kappa shape index (κ2) is 11.2. The Morgan fingerprint density at radius 3 is 2.20 bits per heavy atom. The van der Waals surface area contributed by atoms with Crippen LogP contribution in [0.25, 0.3) is 0 Å². The van der Waals surface area contributed by atoms with Gasteiger partial charge in [-0.25, -0.2) is 8.42 Å². The van der Waals surface area contributed by atoms with Crippen LogP contribution >= 0.6 is 0 Å². The molecule has 8 heteroatoms. The number of benzene rings is 3. The maximum atomic E-state index is 13.0. The molecule has 0 radical (unpaired) electrons. The van der Waals surface area contributed by atoms with E-state index in [1.807, 2.05) is 44.2 Å². The molecule has 1 atom stereocenters. The van der Waals surface area contributed by atoms with Gasteiger partial charge < -0.3 is 10.1 Å². The van der Waals surface area contributed by atoms with Crippen molar-refractivity contribution in [2.24, 2.45) is 0 Å². The zero-order valence-corrected chi connectivity index (χ0v) is 21.1. The average molecular weight is 495 g/mol. The molecule has 0 aromatic heterocycles. The highest BCUT2D eigenvalue weighted by Gasteiger charge is 2.22. The summed E-state index contributed by atoms with van der Waals surface area (Å²) in [5, 5.41) is 2.71. The zero-order valence-electron chi connectivity index (χ0n) is 20.3. The number of rotatable bonds is 10. The van der Waals surface area contributed by atoms with Crippen molar-refractivity contribution in [1.82, 2.24) is 5.32 Å². The summed E-state index contributed by atoms with van der Waals surface area (Å²) in [7, 11) is -2.23. The molecule has 1 amide bonds. The molecule has 3 aromatic rings. The van der Waals surface area contributed by atoms with E-state index in [-0.39, 0.29) is 17.3 Å². The number of Topliss-reactive ketones (excluding diaryl/α,β-unsaturated/α-hetero) is 1. The summed E-state index contributed by atoms with van der Waals surface area (Å²) in [5.74, 6) is -0.150. The molecule has 1 N–H and O–H groups in total. The fourth-order valence-corrected chi connectivity index (χ4v) is 4.74. The monoisotopic (exact) mass is 494 g/mol. The van der Waals surface area contributed by atoms with Gasteiger partial charge in [-0.2, -0.15) is 0 Å². The molecule has 0 spiro atoms. The van der Waals surface area contributed by atoms with Gasteiger partial charge in [0.05, 0.1) is 16.6 Å². The van der Waals surface area contributed by atoms with Gasteiger partial charge in [0.2, 0.25) is 0 Å². The van der Waals surface area contributed by atoms with Crippen molar-refractivity contribution in [2.75, 3.05) is 18.0 Å². The van der Waals surface area contributed by atoms with Gasteiger partial charge in [-0.3, -0.25) is 13.9 Å². The fraction of sp³-hybridized carbons (Fsp3) is 0.259. The molecule has 0 aliphatic carbocycles. The van der Waals surface area contributed by atoms with Crippen molar-refractivity contribution in [3.63, 3.8) is 0 Å². The highest BCUT2D eigenvalue weighted by molar-refractivity contribution is 7.92. The first-order chi connectivity index (χ1) is 16.6. The highest BCUT2D eigenvalue weighted by atomic mass is 32.2. The molecule has 0 fully saturated rings. The number of carbonyl (C=O) groups is 2. The Morgan fingerprint density at radius 1 is 0.943 bits per heavy atom. The minimum absolute atomic E-state index is 0.139. The van der Waals surface area contributed by atoms with Crippen LogP contribution in [0, 0.1) is 13.8 Å². The van der Waals surface area contributed by atoms with Gasteiger partial charge in [0.25, 0.3) is 15.9 Å². The van der Waals surface area contributed by atoms with E-state index in [1.54, 1.807) is 42.5 Å². The number of anilines is 1. The number of carbonyl (C=O) groups excluding carboxylic acids is 2. The quantitative estimate of drug-likeness (QED) is 0.463. The second-order valence-electron chi connectivity index (χ2n) is 8.42. The minimum Gasteiger partial charge on any atom is -0.484 e. The molecule has 35 heavy (non-hydrogen) atoms. The molecule has 184 valence electrons. The lowest BCUT2D eigenvalue weighted by atomic mass is 10.0. The summed E-state index contributed by atoms with van der Waals surface area (Å²) in [4.78, 5) is 24.5. The highest BCUT2D eigenvalue weighted by Crippen LogP contribution is 2.25. The van der Waals surface area contributed by atoms with Crippen LogP contribution in [0.2, 0.25) is 0 Å². The number of sulfonamides is 1. The normalized spacial score (nSPS) is 12.0. The Labute approximate surface area is 206 Å². The standard InChI is InChI=1S/C27H30N2O5S/c1-19-10-15-25(16-20(19)2)35(32,33)29(4)23-11-13-24(14-12-23)34-18-27(31)28-26(21(3)30)17-22-8-6-5-7-9-22/h5-16,26H,17-18H2,1-4H3,(H,28,31)/t26-/m1/s1. The molecule has 0 aliphatic heterocycles. The van der Waals surface area contributed by atoms with E-state index in [2.05, 4.69) is 5.32 Å². The van der Waals surface area contributed by atoms with Crippen molar-refractivity contribution in [3.8, 4) is 5.75 Å². The molecular formula is C27H30N2O5S. The number of hydrogen-bond donors (Lipinski definition) is 1. The summed E-state index contributed by atoms with van der Waals surface area (Å²) >= 11 is 0. The Kier molecular flexibility index (Phi) is 8.30. The van der Waals surface area contributed by atoms with Gasteiger partial charge in [-0.05, 0) is 80.3 Å². The Bertz CT molecular complexity index is 1290. The predicted octanol–water partition coefficient (Wildman–Crippen LogP) is 3.82. The summed E-state index contributed by atoms with van der Waals surface area (Å²) < 4.78 is 32.7. The van der Waals surface area contributed by atoms with Crippen molar-refractivity contribution in [3.05, 3.63) is 89.5 Å². The number of ether oxygens (including phenoxy) is 1. The molecule has 3 aromatic carbocycles. The van der Waals surface area contributed by atoms with Gasteiger partial charge in [0.15, 0.2) is 12.4 Å². The maximum Gasteiger partial charge on any atom is 0.264 e. The third-order valence-corrected chi connectivity index (χ3v) is 7.60. The van der Waals surface area contributed by atoms with Crippen LogP contribution in [0.4, 0.5) is 5.69 Å². The summed E-state index contributed by atoms with van der Waals surface area (Å²) in [6.45, 7) is 4.97. The number of aryl methyl sites for hydroxylation is 2. The lowest BCUT2D eigenvalue weighted by Crippen LogP contribution is -2.43. The SMILES string of the molecule is CC(=O)[C@@H](Cc1ccccc1)NC(=O)COc1ccc(N(C)S(=O)(=O)c2ccc(C)c(C)c2)cc1. The van der Waals surface area contributed by atoms with E-state index >= 15 is 0 Å². The van der Waals surface area contributed by atoms with Crippen LogP contribution < -0.4 is 14.4 Å². The van der Waals surface area contributed by atoms with Gasteiger partial charge in [-0.1, -0.05) is 36.4 Å². The molecule has 3 rings (SSSR count). The number of ketones is 1. The van der Waals surface area contributed by atoms with E-state index in [4.69, 9.17) is 4.74 Å². The molecule has 0 saturated carbocycles. The smallest absolute Gasteiger partial charge is 0.264 e. The van der Waals surface area contributed by atoms with Crippen molar-refractivity contribution in [2.45, 2.75) is 38.1 Å². The van der Waals surface area contributed by atoms with Crippen molar-refractivity contribution >= 4 is 27.4 Å². The van der Waals surface area contributed by atoms with E-state index in [1.165, 1.54) is 18.3 Å². The fourth-order valence-electron chi connectivity index (χ4n) is 3.45. The third-order valence-electron chi connectivity index (χ3n) is 5.82. The topological polar surface area (TPSA) is 92.8 Å². The maximum absolute atomic E-state index is 13.0. The Morgan fingerprint density at radius 2 is 1.60 bits per heavy atom. The van der Waals surface area contributed by atoms with E-state index in [9.17, 15) is 18.0 Å². The van der Waals surface area contributed by atoms with Gasteiger partial charge in [0.1, 0.15) is 5.75 Å². The van der Waals surface area contributed by atoms with E-state index in [0.29, 0.717) is 17.9 Å². The number of amides is 1. The Balaban J connectivity index is 1.60. The van der Waals surface area contributed by atoms with E-state index in [0.717, 1.165) is 16.7 Å². The van der Waals surface area contributed by atoms with Crippen LogP contribution in [0.15, 0.2) is 77.7 Å². The summed E-state index contributed by atoms with van der Waals surface area (Å²) in [5.41, 5.74) is 3.33. The summed E-state index contributed by atoms with van der Waals surface area (Å²) in [6.07, 6.45) is 0.401. The minimum atomic E-state index is -3.72. The Hall–Kier alpha value is -3.65. The molecule has 7 nitrogen and oxygen atoms in total. The van der Waals surface area contributed by atoms with Gasteiger partial charge in [0, 0.05) is 7.05 Å². The lowest BCUT2D eigenvalue weighted by Gasteiger charge is -2.20. The van der Waals surface area contributed by atoms with Gasteiger partial charge >= 0.3 is 0 Å². The first kappa shape index (κ1) is 26.0. The predicted molar refractivity (Wildman–Crippen MR) is 136 cm³/mol. The van der Waals surface area contributed by atoms with Crippen molar-refractivity contribution in [1.29, 1.82) is 0 Å². The summed E-state index contributed by atoms with van der Waals surface area (Å²) in [6, 6.07) is 20.3. The van der Waals surface area contributed by atoms with Gasteiger partial charge in [-0.15, -0.1) is 0 Å². The van der Waals surface area contributed by atoms with E-state index < -0.39 is 22.0 Å². The molecule has 0 heterocycles. The molecule has 0 saturated heterocycles. The van der Waals surface area contributed by atoms with Crippen LogP contribution in [0.5, 0.6) is 5.75 Å². The van der Waals surface area contributed by atoms with Crippen LogP contribution in [0.1, 0.15) is 23.6 Å². The van der Waals surface area contributed by atoms with Crippen LogP contribution in [-0.4, -0.2) is 39.8 Å². The molecule has 0 aliphatic rings. The average Bonchev–Trinajstić information content (AvgIpc) is 2.84. The number of nitrogens with one attached hydrogen (secondary N) is 1. The third kappa shape index (κ3) is 6.70. The van der Waals surface area contributed by atoms with Crippen LogP contribution in [0.3, 0.4) is 0 Å². The second-order valence-corrected chi connectivity index (χ2v) is 10.4. The largest absolute Gasteiger partial charge is 0.484 e. The molecule has 0 bridgehead atoms. The number of nitrogens with zero attached hydrogens (tertiary/aromatic N) is 1. The van der Waals surface area contributed by atoms with Crippen molar-refractivity contribution < 1.29 is 22.7 Å². The molecular weight excluding hydrogens is 464 g/mol. The first-order valence-corrected chi connectivity index (χ1v) is 12.6. The molecule has 0 unspecified atom stereocenters. The van der Waals surface area contributed by atoms with Crippen LogP contribution in [-0.2, 0) is 26.0 Å². The lowest BCUT2D eigenvalue weighted by molar-refractivity contribution is -0.128. The number of hydrogen-bond acceptors (Lipinski definition) is 5. The first-order valence-electron chi connectivity index (χ1n) is 11.2. The zero-order chi connectivity index (χ0) is 25.6.